The molecular formula is C22H30FNO5. The summed E-state index contributed by atoms with van der Waals surface area (Å²) in [6, 6.07) is 2.89. The summed E-state index contributed by atoms with van der Waals surface area (Å²) in [7, 11) is 1.41. The minimum Gasteiger partial charge on any atom is -0.494 e. The van der Waals surface area contributed by atoms with Gasteiger partial charge in [0.2, 0.25) is 6.79 Å². The number of methoxy groups -OCH3 is 1. The van der Waals surface area contributed by atoms with E-state index in [4.69, 9.17) is 18.9 Å². The molecule has 1 aromatic carbocycles. The zero-order valence-corrected chi connectivity index (χ0v) is 17.7. The summed E-state index contributed by atoms with van der Waals surface area (Å²) in [5.41, 5.74) is 2.25. The average molecular weight is 407 g/mol. The molecule has 0 saturated carbocycles. The van der Waals surface area contributed by atoms with E-state index in [1.165, 1.54) is 32.4 Å². The zero-order chi connectivity index (χ0) is 21.2. The third-order valence-corrected chi connectivity index (χ3v) is 4.69. The Bertz CT molecular complexity index is 825. The van der Waals surface area contributed by atoms with Crippen molar-refractivity contribution in [2.75, 3.05) is 20.5 Å². The number of fused-ring (bicyclic) bond motifs is 1. The highest BCUT2D eigenvalue weighted by Crippen LogP contribution is 2.35. The summed E-state index contributed by atoms with van der Waals surface area (Å²) in [5, 5.41) is 0.518. The van der Waals surface area contributed by atoms with Gasteiger partial charge < -0.3 is 18.9 Å². The number of ether oxygens (including phenoxy) is 4. The van der Waals surface area contributed by atoms with E-state index >= 15 is 0 Å². The third kappa shape index (κ3) is 6.21. The van der Waals surface area contributed by atoms with Crippen molar-refractivity contribution in [2.24, 2.45) is 0 Å². The summed E-state index contributed by atoms with van der Waals surface area (Å²) in [4.78, 5) is 16.1. The van der Waals surface area contributed by atoms with Crippen LogP contribution in [0.1, 0.15) is 57.2 Å². The van der Waals surface area contributed by atoms with E-state index in [2.05, 4.69) is 11.9 Å². The molecule has 2 rings (SSSR count). The van der Waals surface area contributed by atoms with Crippen LogP contribution in [0, 0.1) is 12.7 Å². The van der Waals surface area contributed by atoms with Gasteiger partial charge in [-0.2, -0.15) is 0 Å². The van der Waals surface area contributed by atoms with Crippen LogP contribution >= 0.6 is 0 Å². The first kappa shape index (κ1) is 22.7. The molecule has 0 unspecified atom stereocenters. The molecule has 0 amide bonds. The molecule has 0 radical (unpaired) electrons. The molecule has 0 fully saturated rings. The maximum Gasteiger partial charge on any atom is 0.511 e. The van der Waals surface area contributed by atoms with Gasteiger partial charge in [0, 0.05) is 22.7 Å². The van der Waals surface area contributed by atoms with Gasteiger partial charge in [0.05, 0.1) is 19.2 Å². The first-order chi connectivity index (χ1) is 14.0. The predicted octanol–water partition coefficient (Wildman–Crippen LogP) is 5.71. The monoisotopic (exact) mass is 407 g/mol. The maximum absolute atomic E-state index is 14.4. The summed E-state index contributed by atoms with van der Waals surface area (Å²) >= 11 is 0. The minimum absolute atomic E-state index is 0.116. The van der Waals surface area contributed by atoms with Gasteiger partial charge in [-0.05, 0) is 32.8 Å². The fourth-order valence-corrected chi connectivity index (χ4v) is 3.21. The average Bonchev–Trinajstić information content (AvgIpc) is 2.69. The number of aryl methyl sites for hydroxylation is 1. The van der Waals surface area contributed by atoms with Crippen LogP contribution in [0.5, 0.6) is 11.5 Å². The van der Waals surface area contributed by atoms with Crippen LogP contribution in [0.3, 0.4) is 0 Å². The van der Waals surface area contributed by atoms with Crippen LogP contribution in [-0.2, 0) is 15.9 Å². The van der Waals surface area contributed by atoms with Crippen molar-refractivity contribution in [2.45, 2.75) is 59.3 Å². The molecule has 29 heavy (non-hydrogen) atoms. The van der Waals surface area contributed by atoms with Gasteiger partial charge >= 0.3 is 6.16 Å². The number of hydrogen-bond donors (Lipinski definition) is 0. The SMILES string of the molecule is CCCCCCCc1c(C)nc2cc(OC)c(F)cc2c1OCOC(=O)OCC. The van der Waals surface area contributed by atoms with Crippen LogP contribution in [0.15, 0.2) is 12.1 Å². The molecule has 1 aromatic heterocycles. The molecule has 0 spiro atoms. The van der Waals surface area contributed by atoms with Gasteiger partial charge in [0.1, 0.15) is 5.75 Å². The topological polar surface area (TPSA) is 66.9 Å². The summed E-state index contributed by atoms with van der Waals surface area (Å²) in [6.45, 7) is 5.65. The second-order valence-corrected chi connectivity index (χ2v) is 6.76. The van der Waals surface area contributed by atoms with E-state index in [1.54, 1.807) is 13.0 Å². The third-order valence-electron chi connectivity index (χ3n) is 4.69. The Morgan fingerprint density at radius 1 is 1.10 bits per heavy atom. The summed E-state index contributed by atoms with van der Waals surface area (Å²) in [6.07, 6.45) is 5.57. The van der Waals surface area contributed by atoms with E-state index in [-0.39, 0.29) is 19.1 Å². The van der Waals surface area contributed by atoms with E-state index in [1.807, 2.05) is 6.92 Å². The lowest BCUT2D eigenvalue weighted by molar-refractivity contribution is 0.00703. The van der Waals surface area contributed by atoms with E-state index in [9.17, 15) is 9.18 Å². The minimum atomic E-state index is -0.809. The number of carbonyl (C=O) groups excluding carboxylic acids is 1. The Labute approximate surface area is 171 Å². The Hall–Kier alpha value is -2.57. The highest BCUT2D eigenvalue weighted by Gasteiger charge is 2.18. The van der Waals surface area contributed by atoms with Crippen LogP contribution in [0.25, 0.3) is 10.9 Å². The number of nitrogens with zero attached hydrogens (tertiary/aromatic N) is 1. The number of pyridine rings is 1. The molecule has 0 aliphatic carbocycles. The van der Waals surface area contributed by atoms with E-state index in [0.717, 1.165) is 30.5 Å². The predicted molar refractivity (Wildman–Crippen MR) is 109 cm³/mol. The standard InChI is InChI=1S/C22H30FNO5/c1-5-7-8-9-10-11-16-15(3)24-19-13-20(26-4)18(23)12-17(19)21(16)28-14-29-22(25)27-6-2/h12-13H,5-11,14H2,1-4H3. The van der Waals surface area contributed by atoms with Crippen LogP contribution in [0.4, 0.5) is 9.18 Å². The molecule has 0 N–H and O–H groups in total. The van der Waals surface area contributed by atoms with Gasteiger partial charge in [-0.25, -0.2) is 9.18 Å². The number of unbranched alkanes of at least 4 members (excludes halogenated alkanes) is 4. The van der Waals surface area contributed by atoms with Crippen molar-refractivity contribution in [1.82, 2.24) is 4.98 Å². The van der Waals surface area contributed by atoms with E-state index < -0.39 is 12.0 Å². The van der Waals surface area contributed by atoms with Gasteiger partial charge in [-0.1, -0.05) is 32.6 Å². The molecular weight excluding hydrogens is 377 g/mol. The fraction of sp³-hybridized carbons (Fsp3) is 0.545. The molecule has 7 heteroatoms. The Morgan fingerprint density at radius 2 is 1.86 bits per heavy atom. The van der Waals surface area contributed by atoms with Crippen molar-refractivity contribution in [1.29, 1.82) is 0 Å². The molecule has 0 aliphatic rings. The van der Waals surface area contributed by atoms with Gasteiger partial charge in [-0.3, -0.25) is 4.98 Å². The Morgan fingerprint density at radius 3 is 2.55 bits per heavy atom. The highest BCUT2D eigenvalue weighted by atomic mass is 19.1. The number of benzene rings is 1. The van der Waals surface area contributed by atoms with Crippen molar-refractivity contribution in [3.63, 3.8) is 0 Å². The lowest BCUT2D eigenvalue weighted by Gasteiger charge is -2.17. The number of hydrogen-bond acceptors (Lipinski definition) is 6. The molecule has 0 aliphatic heterocycles. The number of carbonyl (C=O) groups is 1. The first-order valence-corrected chi connectivity index (χ1v) is 10.1. The summed E-state index contributed by atoms with van der Waals surface area (Å²) in [5.74, 6) is 0.0926. The van der Waals surface area contributed by atoms with Gasteiger partial charge in [0.15, 0.2) is 11.6 Å². The number of aromatic nitrogens is 1. The molecule has 0 atom stereocenters. The van der Waals surface area contributed by atoms with Crippen LogP contribution in [-0.4, -0.2) is 31.6 Å². The number of halogens is 1. The van der Waals surface area contributed by atoms with E-state index in [0.29, 0.717) is 16.7 Å². The van der Waals surface area contributed by atoms with Gasteiger partial charge in [-0.15, -0.1) is 0 Å². The largest absolute Gasteiger partial charge is 0.511 e. The molecule has 160 valence electrons. The van der Waals surface area contributed by atoms with Crippen LogP contribution < -0.4 is 9.47 Å². The molecule has 2 aromatic rings. The van der Waals surface area contributed by atoms with Crippen molar-refractivity contribution < 1.29 is 28.1 Å². The molecule has 1 heterocycles. The lowest BCUT2D eigenvalue weighted by Crippen LogP contribution is -2.13. The van der Waals surface area contributed by atoms with Crippen molar-refractivity contribution in [3.05, 3.63) is 29.2 Å². The normalized spacial score (nSPS) is 10.8. The second kappa shape index (κ2) is 11.4. The maximum atomic E-state index is 14.4. The number of rotatable bonds is 11. The van der Waals surface area contributed by atoms with Crippen LogP contribution in [0.2, 0.25) is 0 Å². The van der Waals surface area contributed by atoms with Crippen molar-refractivity contribution >= 4 is 17.1 Å². The zero-order valence-electron chi connectivity index (χ0n) is 17.7. The molecule has 0 saturated heterocycles. The Kier molecular flexibility index (Phi) is 8.96. The smallest absolute Gasteiger partial charge is 0.494 e. The Balaban J connectivity index is 2.32. The quantitative estimate of drug-likeness (QED) is 0.270. The lowest BCUT2D eigenvalue weighted by atomic mass is 10.0. The fourth-order valence-electron chi connectivity index (χ4n) is 3.21. The molecule has 6 nitrogen and oxygen atoms in total. The molecule has 0 bridgehead atoms. The van der Waals surface area contributed by atoms with Gasteiger partial charge in [0.25, 0.3) is 0 Å². The van der Waals surface area contributed by atoms with Crippen molar-refractivity contribution in [3.8, 4) is 11.5 Å². The second-order valence-electron chi connectivity index (χ2n) is 6.76. The first-order valence-electron chi connectivity index (χ1n) is 10.1. The highest BCUT2D eigenvalue weighted by molar-refractivity contribution is 5.88. The summed E-state index contributed by atoms with van der Waals surface area (Å²) < 4.78 is 34.9.